The van der Waals surface area contributed by atoms with Crippen LogP contribution >= 0.6 is 11.3 Å². The molecule has 0 spiro atoms. The molecule has 0 aliphatic heterocycles. The molecule has 23 heavy (non-hydrogen) atoms. The zero-order chi connectivity index (χ0) is 17.1. The van der Waals surface area contributed by atoms with Crippen LogP contribution in [0.25, 0.3) is 0 Å². The van der Waals surface area contributed by atoms with Crippen molar-refractivity contribution in [3.63, 3.8) is 0 Å². The third-order valence-corrected chi connectivity index (χ3v) is 5.70. The van der Waals surface area contributed by atoms with Crippen LogP contribution in [0.4, 0.5) is 5.69 Å². The van der Waals surface area contributed by atoms with Gasteiger partial charge in [-0.25, -0.2) is 13.1 Å². The number of amides is 1. The van der Waals surface area contributed by atoms with Crippen LogP contribution in [-0.4, -0.2) is 31.6 Å². The zero-order valence-electron chi connectivity index (χ0n) is 12.7. The summed E-state index contributed by atoms with van der Waals surface area (Å²) in [7, 11) is -3.80. The molecule has 0 saturated carbocycles. The lowest BCUT2D eigenvalue weighted by molar-refractivity contribution is 0.103. The maximum absolute atomic E-state index is 12.3. The van der Waals surface area contributed by atoms with Crippen molar-refractivity contribution in [1.29, 1.82) is 0 Å². The van der Waals surface area contributed by atoms with E-state index in [4.69, 9.17) is 0 Å². The maximum atomic E-state index is 12.3. The third kappa shape index (κ3) is 4.61. The van der Waals surface area contributed by atoms with Crippen molar-refractivity contribution in [2.45, 2.75) is 24.3 Å². The van der Waals surface area contributed by atoms with Crippen molar-refractivity contribution < 1.29 is 18.3 Å². The van der Waals surface area contributed by atoms with Crippen LogP contribution in [0.2, 0.25) is 0 Å². The first kappa shape index (κ1) is 17.6. The summed E-state index contributed by atoms with van der Waals surface area (Å²) in [5, 5.41) is 13.3. The summed E-state index contributed by atoms with van der Waals surface area (Å²) in [4.78, 5) is 12.4. The quantitative estimate of drug-likeness (QED) is 0.740. The molecule has 1 aromatic heterocycles. The molecule has 1 heterocycles. The minimum atomic E-state index is -3.80. The van der Waals surface area contributed by atoms with Crippen molar-refractivity contribution in [1.82, 2.24) is 4.72 Å². The van der Waals surface area contributed by atoms with Gasteiger partial charge >= 0.3 is 0 Å². The highest BCUT2D eigenvalue weighted by Crippen LogP contribution is 2.22. The van der Waals surface area contributed by atoms with Gasteiger partial charge in [-0.15, -0.1) is 11.3 Å². The number of aliphatic hydroxyl groups excluding tert-OH is 1. The van der Waals surface area contributed by atoms with E-state index >= 15 is 0 Å². The number of nitrogens with one attached hydrogen (secondary N) is 2. The Balaban J connectivity index is 2.15. The highest BCUT2D eigenvalue weighted by Gasteiger charge is 2.27. The van der Waals surface area contributed by atoms with Gasteiger partial charge in [-0.3, -0.25) is 4.79 Å². The summed E-state index contributed by atoms with van der Waals surface area (Å²) < 4.78 is 26.9. The molecule has 2 aromatic rings. The lowest BCUT2D eigenvalue weighted by Gasteiger charge is -2.22. The second kappa shape index (κ2) is 6.79. The lowest BCUT2D eigenvalue weighted by atomic mass is 10.1. The minimum absolute atomic E-state index is 0.00207. The molecular formula is C15H18N2O4S2. The molecule has 1 amide bonds. The lowest BCUT2D eigenvalue weighted by Crippen LogP contribution is -2.45. The Morgan fingerprint density at radius 2 is 1.91 bits per heavy atom. The molecule has 0 bridgehead atoms. The van der Waals surface area contributed by atoms with Crippen molar-refractivity contribution in [2.75, 3.05) is 11.9 Å². The van der Waals surface area contributed by atoms with E-state index in [9.17, 15) is 18.3 Å². The molecule has 0 saturated heterocycles. The third-order valence-electron chi connectivity index (χ3n) is 2.95. The van der Waals surface area contributed by atoms with Gasteiger partial charge in [0.2, 0.25) is 10.0 Å². The Bertz CT molecular complexity index is 783. The fourth-order valence-corrected chi connectivity index (χ4v) is 4.32. The number of carbonyl (C=O) groups is 1. The average Bonchev–Trinajstić information content (AvgIpc) is 2.98. The normalized spacial score (nSPS) is 12.1. The molecule has 0 fully saturated rings. The van der Waals surface area contributed by atoms with Gasteiger partial charge in [-0.2, -0.15) is 0 Å². The number of anilines is 1. The first-order valence-electron chi connectivity index (χ1n) is 6.83. The van der Waals surface area contributed by atoms with Gasteiger partial charge < -0.3 is 10.4 Å². The first-order valence-corrected chi connectivity index (χ1v) is 9.19. The molecule has 3 N–H and O–H groups in total. The van der Waals surface area contributed by atoms with Gasteiger partial charge in [0, 0.05) is 11.1 Å². The Kier molecular flexibility index (Phi) is 5.20. The Hall–Kier alpha value is -1.74. The fourth-order valence-electron chi connectivity index (χ4n) is 1.75. The number of aliphatic hydroxyl groups is 1. The van der Waals surface area contributed by atoms with Crippen molar-refractivity contribution in [3.05, 3.63) is 46.7 Å². The monoisotopic (exact) mass is 354 g/mol. The van der Waals surface area contributed by atoms with E-state index in [2.05, 4.69) is 10.0 Å². The van der Waals surface area contributed by atoms with Crippen LogP contribution in [0.15, 0.2) is 46.7 Å². The second-order valence-electron chi connectivity index (χ2n) is 5.61. The SMILES string of the molecule is CC(C)(CO)NS(=O)(=O)c1csc(C(=O)Nc2ccccc2)c1. The summed E-state index contributed by atoms with van der Waals surface area (Å²) in [6.45, 7) is 2.80. The summed E-state index contributed by atoms with van der Waals surface area (Å²) in [5.41, 5.74) is -0.345. The molecule has 0 atom stereocenters. The van der Waals surface area contributed by atoms with Gasteiger partial charge in [-0.05, 0) is 32.0 Å². The fraction of sp³-hybridized carbons (Fsp3) is 0.267. The highest BCUT2D eigenvalue weighted by atomic mass is 32.2. The predicted octanol–water partition coefficient (Wildman–Crippen LogP) is 2.05. The number of para-hydroxylation sites is 1. The standard InChI is InChI=1S/C15H18N2O4S2/c1-15(2,10-18)17-23(20,21)12-8-13(22-9-12)14(19)16-11-6-4-3-5-7-11/h3-9,17-18H,10H2,1-2H3,(H,16,19). The smallest absolute Gasteiger partial charge is 0.265 e. The summed E-state index contributed by atoms with van der Waals surface area (Å²) in [6, 6.07) is 10.2. The van der Waals surface area contributed by atoms with Crippen LogP contribution in [0.3, 0.4) is 0 Å². The summed E-state index contributed by atoms with van der Waals surface area (Å²) in [6.07, 6.45) is 0. The van der Waals surface area contributed by atoms with Gasteiger partial charge in [0.15, 0.2) is 0 Å². The van der Waals surface area contributed by atoms with Crippen molar-refractivity contribution in [2.24, 2.45) is 0 Å². The number of rotatable bonds is 6. The van der Waals surface area contributed by atoms with E-state index in [0.717, 1.165) is 11.3 Å². The molecule has 6 nitrogen and oxygen atoms in total. The summed E-state index contributed by atoms with van der Waals surface area (Å²) in [5.74, 6) is -0.371. The molecule has 2 rings (SSSR count). The van der Waals surface area contributed by atoms with E-state index in [-0.39, 0.29) is 22.3 Å². The average molecular weight is 354 g/mol. The molecule has 0 aliphatic rings. The molecule has 8 heteroatoms. The number of thiophene rings is 1. The van der Waals surface area contributed by atoms with E-state index < -0.39 is 15.6 Å². The molecule has 0 unspecified atom stereocenters. The topological polar surface area (TPSA) is 95.5 Å². The van der Waals surface area contributed by atoms with Gasteiger partial charge in [0.25, 0.3) is 5.91 Å². The number of benzene rings is 1. The number of carbonyl (C=O) groups excluding carboxylic acids is 1. The Morgan fingerprint density at radius 3 is 2.52 bits per heavy atom. The maximum Gasteiger partial charge on any atom is 0.265 e. The predicted molar refractivity (Wildman–Crippen MR) is 90.2 cm³/mol. The van der Waals surface area contributed by atoms with Crippen LogP contribution in [-0.2, 0) is 10.0 Å². The van der Waals surface area contributed by atoms with E-state index in [0.29, 0.717) is 5.69 Å². The van der Waals surface area contributed by atoms with Crippen LogP contribution in [0, 0.1) is 0 Å². The van der Waals surface area contributed by atoms with Gasteiger partial charge in [-0.1, -0.05) is 18.2 Å². The van der Waals surface area contributed by atoms with E-state index in [1.807, 2.05) is 6.07 Å². The second-order valence-corrected chi connectivity index (χ2v) is 8.21. The molecule has 0 aliphatic carbocycles. The number of hydrogen-bond donors (Lipinski definition) is 3. The minimum Gasteiger partial charge on any atom is -0.394 e. The van der Waals surface area contributed by atoms with Crippen LogP contribution < -0.4 is 10.0 Å². The van der Waals surface area contributed by atoms with Crippen LogP contribution in [0.5, 0.6) is 0 Å². The molecule has 124 valence electrons. The number of hydrogen-bond acceptors (Lipinski definition) is 5. The molecule has 1 aromatic carbocycles. The number of sulfonamides is 1. The van der Waals surface area contributed by atoms with E-state index in [1.54, 1.807) is 38.1 Å². The van der Waals surface area contributed by atoms with Crippen LogP contribution in [0.1, 0.15) is 23.5 Å². The zero-order valence-corrected chi connectivity index (χ0v) is 14.4. The van der Waals surface area contributed by atoms with Crippen molar-refractivity contribution in [3.8, 4) is 0 Å². The van der Waals surface area contributed by atoms with Gasteiger partial charge in [0.05, 0.1) is 21.9 Å². The van der Waals surface area contributed by atoms with Gasteiger partial charge in [0.1, 0.15) is 0 Å². The van der Waals surface area contributed by atoms with Crippen molar-refractivity contribution >= 4 is 33.0 Å². The Morgan fingerprint density at radius 1 is 1.26 bits per heavy atom. The van der Waals surface area contributed by atoms with E-state index in [1.165, 1.54) is 11.4 Å². The summed E-state index contributed by atoms with van der Waals surface area (Å²) >= 11 is 1.04. The molecule has 0 radical (unpaired) electrons. The largest absolute Gasteiger partial charge is 0.394 e. The Labute approximate surface area is 139 Å². The first-order chi connectivity index (χ1) is 10.7. The highest BCUT2D eigenvalue weighted by molar-refractivity contribution is 7.89. The molecular weight excluding hydrogens is 336 g/mol.